The van der Waals surface area contributed by atoms with Crippen molar-refractivity contribution in [2.24, 2.45) is 11.7 Å². The van der Waals surface area contributed by atoms with Gasteiger partial charge < -0.3 is 10.6 Å². The normalized spacial score (nSPS) is 27.8. The molecule has 2 fully saturated rings. The summed E-state index contributed by atoms with van der Waals surface area (Å²) in [6, 6.07) is 0.210. The molecule has 0 aromatic carbocycles. The van der Waals surface area contributed by atoms with Crippen LogP contribution < -0.4 is 5.73 Å². The SMILES string of the molecule is NC1CCCN(C(=O)CC2CCCCCC2)C1. The van der Waals surface area contributed by atoms with Crippen LogP contribution in [0.5, 0.6) is 0 Å². The van der Waals surface area contributed by atoms with E-state index in [1.807, 2.05) is 4.90 Å². The third kappa shape index (κ3) is 3.98. The lowest BCUT2D eigenvalue weighted by Gasteiger charge is -2.31. The van der Waals surface area contributed by atoms with Crippen molar-refractivity contribution in [3.05, 3.63) is 0 Å². The van der Waals surface area contributed by atoms with Gasteiger partial charge in [-0.1, -0.05) is 25.7 Å². The van der Waals surface area contributed by atoms with Gasteiger partial charge in [-0.25, -0.2) is 0 Å². The van der Waals surface area contributed by atoms with Crippen LogP contribution in [0.1, 0.15) is 57.8 Å². The van der Waals surface area contributed by atoms with Gasteiger partial charge in [0.2, 0.25) is 5.91 Å². The first kappa shape index (κ1) is 12.9. The maximum atomic E-state index is 12.2. The fraction of sp³-hybridized carbons (Fsp3) is 0.929. The number of nitrogens with zero attached hydrogens (tertiary/aromatic N) is 1. The molecule has 2 N–H and O–H groups in total. The first-order valence-electron chi connectivity index (χ1n) is 7.29. The zero-order chi connectivity index (χ0) is 12.1. The van der Waals surface area contributed by atoms with E-state index < -0.39 is 0 Å². The molecule has 1 saturated carbocycles. The maximum absolute atomic E-state index is 12.2. The van der Waals surface area contributed by atoms with Crippen molar-refractivity contribution in [2.75, 3.05) is 13.1 Å². The van der Waals surface area contributed by atoms with E-state index >= 15 is 0 Å². The van der Waals surface area contributed by atoms with Gasteiger partial charge in [0, 0.05) is 25.6 Å². The largest absolute Gasteiger partial charge is 0.341 e. The molecule has 0 radical (unpaired) electrons. The van der Waals surface area contributed by atoms with Gasteiger partial charge in [0.25, 0.3) is 0 Å². The standard InChI is InChI=1S/C14H26N2O/c15-13-8-5-9-16(11-13)14(17)10-12-6-3-1-2-4-7-12/h12-13H,1-11,15H2. The van der Waals surface area contributed by atoms with E-state index in [0.29, 0.717) is 11.8 Å². The Bertz CT molecular complexity index is 247. The molecule has 0 spiro atoms. The van der Waals surface area contributed by atoms with Crippen LogP contribution in [0.15, 0.2) is 0 Å². The minimum Gasteiger partial charge on any atom is -0.341 e. The molecule has 1 unspecified atom stereocenters. The van der Waals surface area contributed by atoms with E-state index in [2.05, 4.69) is 0 Å². The van der Waals surface area contributed by atoms with Crippen molar-refractivity contribution in [3.8, 4) is 0 Å². The molecule has 0 aromatic rings. The lowest BCUT2D eigenvalue weighted by molar-refractivity contribution is -0.133. The molecule has 1 saturated heterocycles. The third-order valence-corrected chi connectivity index (χ3v) is 4.25. The van der Waals surface area contributed by atoms with Crippen LogP contribution in [-0.4, -0.2) is 29.9 Å². The highest BCUT2D eigenvalue weighted by Crippen LogP contribution is 2.26. The van der Waals surface area contributed by atoms with Gasteiger partial charge in [-0.05, 0) is 31.6 Å². The van der Waals surface area contributed by atoms with Gasteiger partial charge >= 0.3 is 0 Å². The lowest BCUT2D eigenvalue weighted by Crippen LogP contribution is -2.46. The van der Waals surface area contributed by atoms with E-state index in [4.69, 9.17) is 5.73 Å². The average molecular weight is 238 g/mol. The van der Waals surface area contributed by atoms with Crippen molar-refractivity contribution in [2.45, 2.75) is 63.8 Å². The Morgan fingerprint density at radius 1 is 1.06 bits per heavy atom. The highest BCUT2D eigenvalue weighted by Gasteiger charge is 2.24. The summed E-state index contributed by atoms with van der Waals surface area (Å²) >= 11 is 0. The second kappa shape index (κ2) is 6.39. The van der Waals surface area contributed by atoms with E-state index in [1.165, 1.54) is 38.5 Å². The molecule has 2 rings (SSSR count). The first-order chi connectivity index (χ1) is 8.25. The number of nitrogens with two attached hydrogens (primary N) is 1. The van der Waals surface area contributed by atoms with Crippen LogP contribution in [0.4, 0.5) is 0 Å². The number of hydrogen-bond acceptors (Lipinski definition) is 2. The smallest absolute Gasteiger partial charge is 0.222 e. The zero-order valence-corrected chi connectivity index (χ0v) is 10.9. The zero-order valence-electron chi connectivity index (χ0n) is 10.9. The van der Waals surface area contributed by atoms with Gasteiger partial charge in [-0.15, -0.1) is 0 Å². The highest BCUT2D eigenvalue weighted by molar-refractivity contribution is 5.76. The molecular weight excluding hydrogens is 212 g/mol. The van der Waals surface area contributed by atoms with E-state index in [9.17, 15) is 4.79 Å². The van der Waals surface area contributed by atoms with Gasteiger partial charge in [0.1, 0.15) is 0 Å². The molecule has 1 amide bonds. The summed E-state index contributed by atoms with van der Waals surface area (Å²) in [5, 5.41) is 0. The van der Waals surface area contributed by atoms with Crippen molar-refractivity contribution in [1.82, 2.24) is 4.90 Å². The average Bonchev–Trinajstić information content (AvgIpc) is 2.57. The lowest BCUT2D eigenvalue weighted by atomic mass is 9.95. The van der Waals surface area contributed by atoms with Crippen molar-refractivity contribution >= 4 is 5.91 Å². The number of carbonyl (C=O) groups excluding carboxylic acids is 1. The predicted octanol–water partition coefficient (Wildman–Crippen LogP) is 2.30. The summed E-state index contributed by atoms with van der Waals surface area (Å²) in [6.45, 7) is 1.71. The predicted molar refractivity (Wildman–Crippen MR) is 69.6 cm³/mol. The van der Waals surface area contributed by atoms with Crippen LogP contribution in [0.2, 0.25) is 0 Å². The molecular formula is C14H26N2O. The molecule has 1 atom stereocenters. The second-order valence-corrected chi connectivity index (χ2v) is 5.80. The molecule has 2 aliphatic rings. The Kier molecular flexibility index (Phi) is 4.84. The number of amides is 1. The number of carbonyl (C=O) groups is 1. The molecule has 17 heavy (non-hydrogen) atoms. The van der Waals surface area contributed by atoms with Crippen molar-refractivity contribution in [3.63, 3.8) is 0 Å². The summed E-state index contributed by atoms with van der Waals surface area (Å²) in [5.41, 5.74) is 5.93. The second-order valence-electron chi connectivity index (χ2n) is 5.80. The molecule has 1 aliphatic heterocycles. The maximum Gasteiger partial charge on any atom is 0.222 e. The number of likely N-dealkylation sites (tertiary alicyclic amines) is 1. The van der Waals surface area contributed by atoms with E-state index in [-0.39, 0.29) is 6.04 Å². The van der Waals surface area contributed by atoms with Gasteiger partial charge in [0.05, 0.1) is 0 Å². The van der Waals surface area contributed by atoms with Crippen molar-refractivity contribution < 1.29 is 4.79 Å². The summed E-state index contributed by atoms with van der Waals surface area (Å²) in [7, 11) is 0. The van der Waals surface area contributed by atoms with Gasteiger partial charge in [-0.2, -0.15) is 0 Å². The van der Waals surface area contributed by atoms with Gasteiger partial charge in [-0.3, -0.25) is 4.79 Å². The topological polar surface area (TPSA) is 46.3 Å². The molecule has 1 aliphatic carbocycles. The monoisotopic (exact) mass is 238 g/mol. The van der Waals surface area contributed by atoms with Crippen LogP contribution in [0, 0.1) is 5.92 Å². The molecule has 1 heterocycles. The molecule has 3 nitrogen and oxygen atoms in total. The number of rotatable bonds is 2. The van der Waals surface area contributed by atoms with Gasteiger partial charge in [0.15, 0.2) is 0 Å². The highest BCUT2D eigenvalue weighted by atomic mass is 16.2. The van der Waals surface area contributed by atoms with E-state index in [1.54, 1.807) is 0 Å². The Morgan fingerprint density at radius 3 is 2.41 bits per heavy atom. The third-order valence-electron chi connectivity index (χ3n) is 4.25. The van der Waals surface area contributed by atoms with Crippen LogP contribution >= 0.6 is 0 Å². The summed E-state index contributed by atoms with van der Waals surface area (Å²) in [6.07, 6.45) is 10.8. The summed E-state index contributed by atoms with van der Waals surface area (Å²) < 4.78 is 0. The van der Waals surface area contributed by atoms with Crippen molar-refractivity contribution in [1.29, 1.82) is 0 Å². The Labute approximate surface area is 105 Å². The molecule has 98 valence electrons. The summed E-state index contributed by atoms with van der Waals surface area (Å²) in [5.74, 6) is 0.996. The molecule has 3 heteroatoms. The first-order valence-corrected chi connectivity index (χ1v) is 7.29. The fourth-order valence-corrected chi connectivity index (χ4v) is 3.18. The molecule has 0 bridgehead atoms. The van der Waals surface area contributed by atoms with E-state index in [0.717, 1.165) is 32.4 Å². The Balaban J connectivity index is 1.78. The number of piperidine rings is 1. The Hall–Kier alpha value is -0.570. The van der Waals surface area contributed by atoms with Crippen LogP contribution in [-0.2, 0) is 4.79 Å². The summed E-state index contributed by atoms with van der Waals surface area (Å²) in [4.78, 5) is 14.2. The van der Waals surface area contributed by atoms with Crippen LogP contribution in [0.25, 0.3) is 0 Å². The minimum atomic E-state index is 0.210. The fourth-order valence-electron chi connectivity index (χ4n) is 3.18. The quantitative estimate of drug-likeness (QED) is 0.750. The van der Waals surface area contributed by atoms with Crippen LogP contribution in [0.3, 0.4) is 0 Å². The Morgan fingerprint density at radius 2 is 1.76 bits per heavy atom. The number of hydrogen-bond donors (Lipinski definition) is 1. The minimum absolute atomic E-state index is 0.210. The molecule has 0 aromatic heterocycles.